The summed E-state index contributed by atoms with van der Waals surface area (Å²) in [5, 5.41) is 15.6. The normalized spacial score (nSPS) is 15.3. The van der Waals surface area contributed by atoms with E-state index in [9.17, 15) is 14.0 Å². The van der Waals surface area contributed by atoms with E-state index < -0.39 is 17.6 Å². The number of halogens is 1. The van der Waals surface area contributed by atoms with Crippen LogP contribution in [-0.4, -0.2) is 49.6 Å². The van der Waals surface area contributed by atoms with Gasteiger partial charge in [0.05, 0.1) is 11.4 Å². The van der Waals surface area contributed by atoms with Gasteiger partial charge in [-0.1, -0.05) is 6.42 Å². The lowest BCUT2D eigenvalue weighted by Crippen LogP contribution is -2.47. The number of hydrogen-bond donors (Lipinski definition) is 2. The number of thioether (sulfide) groups is 1. The minimum atomic E-state index is -0.914. The highest BCUT2D eigenvalue weighted by atomic mass is 32.2. The molecule has 1 heterocycles. The number of nitrogens with one attached hydrogen (secondary N) is 2. The van der Waals surface area contributed by atoms with Gasteiger partial charge in [-0.15, -0.1) is 5.10 Å². The Morgan fingerprint density at radius 3 is 2.76 bits per heavy atom. The average molecular weight is 364 g/mol. The fraction of sp³-hybridized carbons (Fsp3) is 0.400. The molecule has 0 radical (unpaired) electrons. The van der Waals surface area contributed by atoms with Crippen LogP contribution in [0.15, 0.2) is 24.5 Å². The third-order valence-electron chi connectivity index (χ3n) is 4.29. The molecule has 0 atom stereocenters. The third kappa shape index (κ3) is 3.78. The molecule has 1 aromatic carbocycles. The van der Waals surface area contributed by atoms with Crippen LogP contribution in [0, 0.1) is 5.82 Å². The first-order valence-corrected chi connectivity index (χ1v) is 8.93. The molecule has 1 aromatic heterocycles. The van der Waals surface area contributed by atoms with Gasteiger partial charge >= 0.3 is 11.8 Å². The summed E-state index contributed by atoms with van der Waals surface area (Å²) in [5.74, 6) is -2.35. The fourth-order valence-electron chi connectivity index (χ4n) is 2.56. The molecule has 8 nitrogen and oxygen atoms in total. The largest absolute Gasteiger partial charge is 0.346 e. The second kappa shape index (κ2) is 7.18. The first-order valence-electron chi connectivity index (χ1n) is 7.70. The molecule has 1 aliphatic carbocycles. The second-order valence-corrected chi connectivity index (χ2v) is 7.07. The van der Waals surface area contributed by atoms with E-state index in [1.807, 2.05) is 6.26 Å². The van der Waals surface area contributed by atoms with Crippen LogP contribution in [-0.2, 0) is 9.59 Å². The van der Waals surface area contributed by atoms with E-state index in [1.54, 1.807) is 11.8 Å². The Kier molecular flexibility index (Phi) is 4.98. The van der Waals surface area contributed by atoms with E-state index >= 15 is 0 Å². The van der Waals surface area contributed by atoms with Crippen LogP contribution in [0.2, 0.25) is 0 Å². The van der Waals surface area contributed by atoms with Gasteiger partial charge in [0.2, 0.25) is 0 Å². The van der Waals surface area contributed by atoms with Crippen molar-refractivity contribution in [1.29, 1.82) is 0 Å². The van der Waals surface area contributed by atoms with Crippen LogP contribution in [0.4, 0.5) is 10.1 Å². The Hall–Kier alpha value is -2.49. The first kappa shape index (κ1) is 17.3. The standard InChI is InChI=1S/C15H17FN6O2S/c1-25-15(5-2-6-15)8-17-13(23)14(24)19-12-7-10(3-4-11(12)16)22-9-18-20-21-22/h3-4,7,9H,2,5-6,8H2,1H3,(H,17,23)(H,19,24). The maximum absolute atomic E-state index is 13.9. The molecular weight excluding hydrogens is 347 g/mol. The van der Waals surface area contributed by atoms with Crippen molar-refractivity contribution in [1.82, 2.24) is 25.5 Å². The molecule has 2 amide bonds. The molecule has 1 saturated carbocycles. The molecule has 0 aliphatic heterocycles. The van der Waals surface area contributed by atoms with Gasteiger partial charge in [-0.05, 0) is 47.7 Å². The summed E-state index contributed by atoms with van der Waals surface area (Å²) in [4.78, 5) is 24.0. The third-order valence-corrected chi connectivity index (χ3v) is 5.71. The van der Waals surface area contributed by atoms with Crippen molar-refractivity contribution in [2.45, 2.75) is 24.0 Å². The molecule has 25 heavy (non-hydrogen) atoms. The molecule has 0 unspecified atom stereocenters. The molecule has 0 bridgehead atoms. The van der Waals surface area contributed by atoms with E-state index in [1.165, 1.54) is 29.2 Å². The molecular formula is C15H17FN6O2S. The summed E-state index contributed by atoms with van der Waals surface area (Å²) in [6.07, 6.45) is 6.48. The van der Waals surface area contributed by atoms with Crippen LogP contribution in [0.3, 0.4) is 0 Å². The number of nitrogens with zero attached hydrogens (tertiary/aromatic N) is 4. The maximum Gasteiger partial charge on any atom is 0.313 e. The SMILES string of the molecule is CSC1(CNC(=O)C(=O)Nc2cc(-n3cnnn3)ccc2F)CCC1. The molecule has 0 saturated heterocycles. The number of carbonyl (C=O) groups excluding carboxylic acids is 2. The number of anilines is 1. The lowest BCUT2D eigenvalue weighted by atomic mass is 9.84. The van der Waals surface area contributed by atoms with E-state index in [0.29, 0.717) is 12.2 Å². The predicted molar refractivity (Wildman–Crippen MR) is 90.8 cm³/mol. The highest BCUT2D eigenvalue weighted by Gasteiger charge is 2.36. The predicted octanol–water partition coefficient (Wildman–Crippen LogP) is 1.14. The van der Waals surface area contributed by atoms with Gasteiger partial charge in [-0.25, -0.2) is 9.07 Å². The van der Waals surface area contributed by atoms with E-state index in [4.69, 9.17) is 0 Å². The van der Waals surface area contributed by atoms with Crippen LogP contribution in [0.25, 0.3) is 5.69 Å². The fourth-order valence-corrected chi connectivity index (χ4v) is 3.47. The summed E-state index contributed by atoms with van der Waals surface area (Å²) >= 11 is 1.69. The molecule has 1 fully saturated rings. The van der Waals surface area contributed by atoms with Crippen LogP contribution in [0.1, 0.15) is 19.3 Å². The number of aromatic nitrogens is 4. The highest BCUT2D eigenvalue weighted by Crippen LogP contribution is 2.42. The van der Waals surface area contributed by atoms with Gasteiger partial charge in [0.15, 0.2) is 0 Å². The van der Waals surface area contributed by atoms with Crippen molar-refractivity contribution < 1.29 is 14.0 Å². The zero-order valence-electron chi connectivity index (χ0n) is 13.5. The number of benzene rings is 1. The zero-order valence-corrected chi connectivity index (χ0v) is 14.3. The Labute approximate surface area is 147 Å². The number of amides is 2. The number of rotatable bonds is 5. The van der Waals surface area contributed by atoms with Gasteiger partial charge in [0.25, 0.3) is 0 Å². The quantitative estimate of drug-likeness (QED) is 0.772. The maximum atomic E-state index is 13.9. The number of tetrazole rings is 1. The zero-order chi connectivity index (χ0) is 17.9. The number of hydrogen-bond acceptors (Lipinski definition) is 6. The highest BCUT2D eigenvalue weighted by molar-refractivity contribution is 8.00. The van der Waals surface area contributed by atoms with Crippen molar-refractivity contribution in [2.24, 2.45) is 0 Å². The smallest absolute Gasteiger partial charge is 0.313 e. The Morgan fingerprint density at radius 1 is 1.36 bits per heavy atom. The van der Waals surface area contributed by atoms with E-state index in [-0.39, 0.29) is 10.4 Å². The van der Waals surface area contributed by atoms with E-state index in [0.717, 1.165) is 19.3 Å². The average Bonchev–Trinajstić information content (AvgIpc) is 3.10. The van der Waals surface area contributed by atoms with Crippen molar-refractivity contribution in [3.05, 3.63) is 30.3 Å². The van der Waals surface area contributed by atoms with Gasteiger partial charge in [0.1, 0.15) is 12.1 Å². The Bertz CT molecular complexity index is 773. The van der Waals surface area contributed by atoms with Gasteiger partial charge in [0, 0.05) is 11.3 Å². The number of carbonyl (C=O) groups is 2. The monoisotopic (exact) mass is 364 g/mol. The first-order chi connectivity index (χ1) is 12.0. The summed E-state index contributed by atoms with van der Waals surface area (Å²) in [7, 11) is 0. The lowest BCUT2D eigenvalue weighted by molar-refractivity contribution is -0.136. The molecule has 2 N–H and O–H groups in total. The van der Waals surface area contributed by atoms with Crippen LogP contribution in [0.5, 0.6) is 0 Å². The molecule has 3 rings (SSSR count). The second-order valence-electron chi connectivity index (χ2n) is 5.80. The van der Waals surface area contributed by atoms with E-state index in [2.05, 4.69) is 26.2 Å². The minimum absolute atomic E-state index is 0.0151. The van der Waals surface area contributed by atoms with Crippen molar-refractivity contribution in [3.63, 3.8) is 0 Å². The van der Waals surface area contributed by atoms with Gasteiger partial charge < -0.3 is 10.6 Å². The summed E-state index contributed by atoms with van der Waals surface area (Å²) in [5.41, 5.74) is 0.342. The molecule has 2 aromatic rings. The summed E-state index contributed by atoms with van der Waals surface area (Å²) in [6, 6.07) is 3.98. The molecule has 0 spiro atoms. The Morgan fingerprint density at radius 2 is 2.16 bits per heavy atom. The van der Waals surface area contributed by atoms with Crippen molar-refractivity contribution in [2.75, 3.05) is 18.1 Å². The minimum Gasteiger partial charge on any atom is -0.346 e. The van der Waals surface area contributed by atoms with Crippen molar-refractivity contribution >= 4 is 29.3 Å². The lowest BCUT2D eigenvalue weighted by Gasteiger charge is -2.40. The van der Waals surface area contributed by atoms with Crippen LogP contribution < -0.4 is 10.6 Å². The summed E-state index contributed by atoms with van der Waals surface area (Å²) < 4.78 is 15.2. The Balaban J connectivity index is 1.64. The van der Waals surface area contributed by atoms with Crippen molar-refractivity contribution in [3.8, 4) is 5.69 Å². The molecule has 1 aliphatic rings. The van der Waals surface area contributed by atoms with Crippen LogP contribution >= 0.6 is 11.8 Å². The topological polar surface area (TPSA) is 102 Å². The molecule has 132 valence electrons. The van der Waals surface area contributed by atoms with Gasteiger partial charge in [-0.2, -0.15) is 11.8 Å². The van der Waals surface area contributed by atoms with Gasteiger partial charge in [-0.3, -0.25) is 9.59 Å². The summed E-state index contributed by atoms with van der Waals surface area (Å²) in [6.45, 7) is 0.424. The molecule has 10 heteroatoms.